The van der Waals surface area contributed by atoms with E-state index in [2.05, 4.69) is 10.4 Å². The molecule has 0 unspecified atom stereocenters. The predicted octanol–water partition coefficient (Wildman–Crippen LogP) is 3.04. The lowest BCUT2D eigenvalue weighted by Crippen LogP contribution is -2.18. The second-order valence-electron chi connectivity index (χ2n) is 6.95. The first-order valence-electron chi connectivity index (χ1n) is 9.11. The number of primary amides is 1. The first kappa shape index (κ1) is 18.6. The second-order valence-corrected chi connectivity index (χ2v) is 8.06. The van der Waals surface area contributed by atoms with Gasteiger partial charge in [0, 0.05) is 24.0 Å². The van der Waals surface area contributed by atoms with Crippen molar-refractivity contribution in [1.29, 1.82) is 0 Å². The van der Waals surface area contributed by atoms with Crippen LogP contribution in [0.15, 0.2) is 0 Å². The largest absolute Gasteiger partial charge is 0.365 e. The molecule has 26 heavy (non-hydrogen) atoms. The van der Waals surface area contributed by atoms with Crippen molar-refractivity contribution in [1.82, 2.24) is 9.78 Å². The van der Waals surface area contributed by atoms with Crippen LogP contribution in [0.3, 0.4) is 0 Å². The molecular weight excluding hydrogens is 348 g/mol. The zero-order valence-corrected chi connectivity index (χ0v) is 16.5. The smallest absolute Gasteiger partial charge is 0.251 e. The number of thiophene rings is 1. The number of carbonyl (C=O) groups is 2. The molecule has 140 valence electrons. The normalized spacial score (nSPS) is 14.0. The van der Waals surface area contributed by atoms with Crippen LogP contribution in [0.1, 0.15) is 63.4 Å². The zero-order chi connectivity index (χ0) is 18.8. The lowest BCUT2D eigenvalue weighted by atomic mass is 10.0. The van der Waals surface area contributed by atoms with E-state index in [1.54, 1.807) is 0 Å². The lowest BCUT2D eigenvalue weighted by molar-refractivity contribution is -0.116. The minimum Gasteiger partial charge on any atom is -0.365 e. The molecule has 0 saturated carbocycles. The van der Waals surface area contributed by atoms with Crippen molar-refractivity contribution in [2.45, 2.75) is 58.8 Å². The number of nitrogens with two attached hydrogens (primary N) is 1. The summed E-state index contributed by atoms with van der Waals surface area (Å²) < 4.78 is 1.84. The maximum absolute atomic E-state index is 12.5. The molecule has 6 nitrogen and oxygen atoms in total. The SMILES string of the molecule is Cc1nn(C)c(C)c1CCC(=O)Nc1sc2c(c1C(N)=O)CCCCC2. The number of amides is 2. The fourth-order valence-electron chi connectivity index (χ4n) is 3.70. The van der Waals surface area contributed by atoms with Gasteiger partial charge in [0.2, 0.25) is 5.91 Å². The highest BCUT2D eigenvalue weighted by molar-refractivity contribution is 7.17. The van der Waals surface area contributed by atoms with Gasteiger partial charge in [-0.2, -0.15) is 5.10 Å². The molecule has 1 aliphatic carbocycles. The molecule has 3 N–H and O–H groups in total. The quantitative estimate of drug-likeness (QED) is 0.788. The molecule has 0 saturated heterocycles. The van der Waals surface area contributed by atoms with Gasteiger partial charge >= 0.3 is 0 Å². The Morgan fingerprint density at radius 2 is 1.96 bits per heavy atom. The summed E-state index contributed by atoms with van der Waals surface area (Å²) in [5, 5.41) is 7.95. The number of nitrogens with one attached hydrogen (secondary N) is 1. The summed E-state index contributed by atoms with van der Waals surface area (Å²) in [5.74, 6) is -0.537. The molecule has 0 atom stereocenters. The number of nitrogens with zero attached hydrogens (tertiary/aromatic N) is 2. The van der Waals surface area contributed by atoms with Gasteiger partial charge < -0.3 is 11.1 Å². The van der Waals surface area contributed by atoms with Crippen LogP contribution >= 0.6 is 11.3 Å². The van der Waals surface area contributed by atoms with E-state index in [0.717, 1.165) is 48.2 Å². The molecule has 0 radical (unpaired) electrons. The van der Waals surface area contributed by atoms with Crippen LogP contribution in [0.4, 0.5) is 5.00 Å². The minimum absolute atomic E-state index is 0.0911. The fraction of sp³-hybridized carbons (Fsp3) is 0.526. The molecule has 2 aromatic rings. The number of carbonyl (C=O) groups excluding carboxylic acids is 2. The Morgan fingerprint density at radius 3 is 2.62 bits per heavy atom. The van der Waals surface area contributed by atoms with Crippen LogP contribution in [0, 0.1) is 13.8 Å². The Hall–Kier alpha value is -2.15. The highest BCUT2D eigenvalue weighted by atomic mass is 32.1. The van der Waals surface area contributed by atoms with Crippen molar-refractivity contribution in [3.63, 3.8) is 0 Å². The molecule has 0 aliphatic heterocycles. The fourth-order valence-corrected chi connectivity index (χ4v) is 5.01. The van der Waals surface area contributed by atoms with Gasteiger partial charge in [-0.1, -0.05) is 6.42 Å². The number of rotatable bonds is 5. The third-order valence-electron chi connectivity index (χ3n) is 5.18. The first-order valence-corrected chi connectivity index (χ1v) is 9.93. The summed E-state index contributed by atoms with van der Waals surface area (Å²) in [6, 6.07) is 0. The van der Waals surface area contributed by atoms with Gasteiger partial charge in [0.1, 0.15) is 5.00 Å². The summed E-state index contributed by atoms with van der Waals surface area (Å²) in [5.41, 5.74) is 10.3. The maximum atomic E-state index is 12.5. The van der Waals surface area contributed by atoms with Crippen LogP contribution < -0.4 is 11.1 Å². The van der Waals surface area contributed by atoms with E-state index >= 15 is 0 Å². The molecule has 2 aromatic heterocycles. The van der Waals surface area contributed by atoms with Crippen LogP contribution in [0.2, 0.25) is 0 Å². The highest BCUT2D eigenvalue weighted by Gasteiger charge is 2.24. The summed E-state index contributed by atoms with van der Waals surface area (Å²) in [6.45, 7) is 3.97. The molecule has 0 spiro atoms. The van der Waals surface area contributed by atoms with Crippen molar-refractivity contribution >= 4 is 28.2 Å². The Bertz CT molecular complexity index is 850. The number of fused-ring (bicyclic) bond motifs is 1. The van der Waals surface area contributed by atoms with Crippen LogP contribution in [0.25, 0.3) is 0 Å². The number of aromatic nitrogens is 2. The monoisotopic (exact) mass is 374 g/mol. The van der Waals surface area contributed by atoms with Crippen molar-refractivity contribution < 1.29 is 9.59 Å². The third-order valence-corrected chi connectivity index (χ3v) is 6.39. The topological polar surface area (TPSA) is 90.0 Å². The Morgan fingerprint density at radius 1 is 1.23 bits per heavy atom. The molecule has 0 bridgehead atoms. The number of hydrogen-bond acceptors (Lipinski definition) is 4. The maximum Gasteiger partial charge on any atom is 0.251 e. The number of hydrogen-bond donors (Lipinski definition) is 2. The van der Waals surface area contributed by atoms with Crippen LogP contribution in [-0.4, -0.2) is 21.6 Å². The van der Waals surface area contributed by atoms with E-state index in [1.807, 2.05) is 25.6 Å². The molecule has 0 fully saturated rings. The van der Waals surface area contributed by atoms with Crippen molar-refractivity contribution in [3.8, 4) is 0 Å². The van der Waals surface area contributed by atoms with Crippen molar-refractivity contribution in [2.75, 3.05) is 5.32 Å². The van der Waals surface area contributed by atoms with Crippen molar-refractivity contribution in [3.05, 3.63) is 33.0 Å². The average molecular weight is 375 g/mol. The van der Waals surface area contributed by atoms with Gasteiger partial charge in [-0.05, 0) is 57.1 Å². The predicted molar refractivity (Wildman–Crippen MR) is 104 cm³/mol. The molecule has 7 heteroatoms. The van der Waals surface area contributed by atoms with Gasteiger partial charge in [-0.3, -0.25) is 14.3 Å². The van der Waals surface area contributed by atoms with E-state index in [0.29, 0.717) is 23.4 Å². The summed E-state index contributed by atoms with van der Waals surface area (Å²) in [4.78, 5) is 25.7. The standard InChI is InChI=1S/C19H26N4O2S/c1-11-13(12(2)23(3)22-11)9-10-16(24)21-19-17(18(20)25)14-7-5-4-6-8-15(14)26-19/h4-10H2,1-3H3,(H2,20,25)(H,21,24). The lowest BCUT2D eigenvalue weighted by Gasteiger charge is -2.07. The summed E-state index contributed by atoms with van der Waals surface area (Å²) in [6.07, 6.45) is 6.18. The van der Waals surface area contributed by atoms with E-state index in [4.69, 9.17) is 5.73 Å². The molecule has 2 heterocycles. The summed E-state index contributed by atoms with van der Waals surface area (Å²) >= 11 is 1.51. The molecule has 2 amide bonds. The third kappa shape index (κ3) is 3.67. The van der Waals surface area contributed by atoms with Gasteiger partial charge in [0.15, 0.2) is 0 Å². The minimum atomic E-state index is -0.446. The van der Waals surface area contributed by atoms with E-state index in [-0.39, 0.29) is 5.91 Å². The Kier molecular flexibility index (Phi) is 5.46. The number of aryl methyl sites for hydroxylation is 3. The highest BCUT2D eigenvalue weighted by Crippen LogP contribution is 2.37. The van der Waals surface area contributed by atoms with Crippen molar-refractivity contribution in [2.24, 2.45) is 12.8 Å². The van der Waals surface area contributed by atoms with Gasteiger partial charge in [0.05, 0.1) is 11.3 Å². The zero-order valence-electron chi connectivity index (χ0n) is 15.6. The Balaban J connectivity index is 1.74. The van der Waals surface area contributed by atoms with Gasteiger partial charge in [-0.15, -0.1) is 11.3 Å². The van der Waals surface area contributed by atoms with Crippen LogP contribution in [0.5, 0.6) is 0 Å². The van der Waals surface area contributed by atoms with Gasteiger partial charge in [0.25, 0.3) is 5.91 Å². The van der Waals surface area contributed by atoms with E-state index in [1.165, 1.54) is 22.6 Å². The summed E-state index contributed by atoms with van der Waals surface area (Å²) in [7, 11) is 1.91. The molecular formula is C19H26N4O2S. The second kappa shape index (κ2) is 7.61. The average Bonchev–Trinajstić information content (AvgIpc) is 2.91. The van der Waals surface area contributed by atoms with Gasteiger partial charge in [-0.25, -0.2) is 0 Å². The number of anilines is 1. The molecule has 3 rings (SSSR count). The van der Waals surface area contributed by atoms with E-state index in [9.17, 15) is 9.59 Å². The van der Waals surface area contributed by atoms with Crippen LogP contribution in [-0.2, 0) is 31.1 Å². The van der Waals surface area contributed by atoms with E-state index < -0.39 is 5.91 Å². The first-order chi connectivity index (χ1) is 12.4. The molecule has 1 aliphatic rings. The Labute approximate surface area is 157 Å². The molecule has 0 aromatic carbocycles.